The van der Waals surface area contributed by atoms with E-state index in [9.17, 15) is 19.5 Å². The van der Waals surface area contributed by atoms with Crippen LogP contribution >= 0.6 is 0 Å². The van der Waals surface area contributed by atoms with Crippen LogP contribution in [0.2, 0.25) is 0 Å². The third-order valence-electron chi connectivity index (χ3n) is 7.24. The summed E-state index contributed by atoms with van der Waals surface area (Å²) < 4.78 is 5.87. The maximum absolute atomic E-state index is 13.5. The number of amides is 4. The monoisotopic (exact) mass is 581 g/mol. The Morgan fingerprint density at radius 1 is 0.881 bits per heavy atom. The molecule has 0 saturated carbocycles. The minimum atomic E-state index is -0.927. The number of likely N-dealkylation sites (tertiary alicyclic amines) is 1. The number of hydrogen-bond donors (Lipinski definition) is 5. The van der Waals surface area contributed by atoms with Gasteiger partial charge in [-0.3, -0.25) is 9.59 Å². The molecule has 4 amide bonds. The maximum Gasteiger partial charge on any atom is 0.318 e. The number of rotatable bonds is 14. The molecule has 3 unspecified atom stereocenters. The Balaban J connectivity index is 1.69. The van der Waals surface area contributed by atoms with E-state index < -0.39 is 30.0 Å². The van der Waals surface area contributed by atoms with Crippen molar-refractivity contribution in [2.75, 3.05) is 26.2 Å². The van der Waals surface area contributed by atoms with E-state index in [0.717, 1.165) is 36.8 Å². The fourth-order valence-corrected chi connectivity index (χ4v) is 4.82. The van der Waals surface area contributed by atoms with Gasteiger partial charge in [0.1, 0.15) is 24.4 Å². The van der Waals surface area contributed by atoms with Crippen molar-refractivity contribution < 1.29 is 24.2 Å². The van der Waals surface area contributed by atoms with Crippen LogP contribution in [0.25, 0.3) is 0 Å². The van der Waals surface area contributed by atoms with Crippen molar-refractivity contribution in [3.63, 3.8) is 0 Å². The highest BCUT2D eigenvalue weighted by Gasteiger charge is 2.29. The van der Waals surface area contributed by atoms with Crippen LogP contribution in [-0.4, -0.2) is 72.2 Å². The summed E-state index contributed by atoms with van der Waals surface area (Å²) in [5, 5.41) is 18.3. The lowest BCUT2D eigenvalue weighted by Gasteiger charge is -2.27. The summed E-state index contributed by atoms with van der Waals surface area (Å²) in [5.41, 5.74) is 7.36. The molecule has 10 heteroatoms. The topological polar surface area (TPSA) is 146 Å². The zero-order valence-corrected chi connectivity index (χ0v) is 24.9. The molecule has 1 saturated heterocycles. The van der Waals surface area contributed by atoms with E-state index in [4.69, 9.17) is 10.5 Å². The average molecular weight is 582 g/mol. The van der Waals surface area contributed by atoms with Crippen LogP contribution in [0.4, 0.5) is 4.79 Å². The largest absolute Gasteiger partial charge is 0.489 e. The van der Waals surface area contributed by atoms with Gasteiger partial charge < -0.3 is 36.4 Å². The Kier molecular flexibility index (Phi) is 13.6. The molecule has 0 aromatic heterocycles. The Morgan fingerprint density at radius 2 is 1.55 bits per heavy atom. The Bertz CT molecular complexity index is 1100. The predicted molar refractivity (Wildman–Crippen MR) is 163 cm³/mol. The number of carbonyl (C=O) groups is 3. The molecule has 1 fully saturated rings. The first-order valence-corrected chi connectivity index (χ1v) is 15.0. The van der Waals surface area contributed by atoms with E-state index in [2.05, 4.69) is 16.0 Å². The van der Waals surface area contributed by atoms with Gasteiger partial charge in [0.2, 0.25) is 11.8 Å². The average Bonchev–Trinajstić information content (AvgIpc) is 3.29. The summed E-state index contributed by atoms with van der Waals surface area (Å²) in [6.45, 7) is 5.71. The van der Waals surface area contributed by atoms with Crippen LogP contribution in [0.1, 0.15) is 57.1 Å². The van der Waals surface area contributed by atoms with Gasteiger partial charge in [0.05, 0.1) is 6.10 Å². The van der Waals surface area contributed by atoms with Crippen molar-refractivity contribution in [2.24, 2.45) is 11.7 Å². The van der Waals surface area contributed by atoms with Crippen LogP contribution in [0.3, 0.4) is 0 Å². The third-order valence-corrected chi connectivity index (χ3v) is 7.24. The number of nitrogens with two attached hydrogens (primary N) is 1. The van der Waals surface area contributed by atoms with Crippen molar-refractivity contribution in [1.29, 1.82) is 0 Å². The zero-order chi connectivity index (χ0) is 30.3. The molecule has 0 radical (unpaired) electrons. The van der Waals surface area contributed by atoms with Gasteiger partial charge in [0, 0.05) is 32.6 Å². The van der Waals surface area contributed by atoms with E-state index in [-0.39, 0.29) is 31.5 Å². The first kappa shape index (κ1) is 32.9. The van der Waals surface area contributed by atoms with Crippen molar-refractivity contribution in [3.05, 3.63) is 65.7 Å². The number of ether oxygens (including phenoxy) is 1. The molecule has 42 heavy (non-hydrogen) atoms. The van der Waals surface area contributed by atoms with Crippen molar-refractivity contribution in [1.82, 2.24) is 20.9 Å². The lowest BCUT2D eigenvalue weighted by Crippen LogP contribution is -2.57. The standard InChI is InChI=1S/C32H47N5O5/c1-23(2)18-28(36-32(41)37-16-8-3-4-9-17-37)31(40)35-29(30(39)34-21-26(38)20-33)19-24-12-14-27(15-13-24)42-22-25-10-6-5-7-11-25/h5-7,10-15,23,26,28-29,38H,3-4,8-9,16-22,33H2,1-2H3,(H,34,39)(H,35,40)(H,36,41). The van der Waals surface area contributed by atoms with Crippen LogP contribution in [-0.2, 0) is 22.6 Å². The second-order valence-electron chi connectivity index (χ2n) is 11.4. The molecule has 230 valence electrons. The molecule has 1 aliphatic heterocycles. The molecule has 1 heterocycles. The lowest BCUT2D eigenvalue weighted by molar-refractivity contribution is -0.130. The quantitative estimate of drug-likeness (QED) is 0.232. The van der Waals surface area contributed by atoms with Gasteiger partial charge in [-0.1, -0.05) is 69.2 Å². The van der Waals surface area contributed by atoms with Crippen LogP contribution in [0.15, 0.2) is 54.6 Å². The number of hydrogen-bond acceptors (Lipinski definition) is 6. The molecule has 6 N–H and O–H groups in total. The molecule has 0 aliphatic carbocycles. The van der Waals surface area contributed by atoms with E-state index in [0.29, 0.717) is 31.9 Å². The lowest BCUT2D eigenvalue weighted by atomic mass is 10.0. The number of nitrogens with one attached hydrogen (secondary N) is 3. The molecule has 0 spiro atoms. The highest BCUT2D eigenvalue weighted by Crippen LogP contribution is 2.16. The summed E-state index contributed by atoms with van der Waals surface area (Å²) >= 11 is 0. The van der Waals surface area contributed by atoms with Gasteiger partial charge >= 0.3 is 6.03 Å². The molecule has 2 aromatic rings. The number of nitrogens with zero attached hydrogens (tertiary/aromatic N) is 1. The van der Waals surface area contributed by atoms with E-state index in [1.807, 2.05) is 68.4 Å². The van der Waals surface area contributed by atoms with Gasteiger partial charge in [-0.15, -0.1) is 0 Å². The van der Waals surface area contributed by atoms with Gasteiger partial charge in [0.15, 0.2) is 0 Å². The molecule has 3 atom stereocenters. The highest BCUT2D eigenvalue weighted by atomic mass is 16.5. The normalized spacial score (nSPS) is 15.7. The number of aliphatic hydroxyl groups is 1. The summed E-state index contributed by atoms with van der Waals surface area (Å²) in [6.07, 6.45) is 3.82. The van der Waals surface area contributed by atoms with Gasteiger partial charge in [-0.2, -0.15) is 0 Å². The Labute approximate surface area is 249 Å². The fourth-order valence-electron chi connectivity index (χ4n) is 4.82. The number of benzene rings is 2. The highest BCUT2D eigenvalue weighted by molar-refractivity contribution is 5.92. The molecular weight excluding hydrogens is 534 g/mol. The van der Waals surface area contributed by atoms with Crippen LogP contribution in [0, 0.1) is 5.92 Å². The summed E-state index contributed by atoms with van der Waals surface area (Å²) in [6, 6.07) is 15.2. The smallest absolute Gasteiger partial charge is 0.318 e. The first-order valence-electron chi connectivity index (χ1n) is 15.0. The fraction of sp³-hybridized carbons (Fsp3) is 0.531. The minimum absolute atomic E-state index is 0.000738. The van der Waals surface area contributed by atoms with Gasteiger partial charge in [-0.25, -0.2) is 4.79 Å². The van der Waals surface area contributed by atoms with E-state index >= 15 is 0 Å². The minimum Gasteiger partial charge on any atom is -0.489 e. The molecule has 2 aromatic carbocycles. The van der Waals surface area contributed by atoms with E-state index in [1.165, 1.54) is 0 Å². The van der Waals surface area contributed by atoms with Crippen molar-refractivity contribution in [2.45, 2.75) is 77.2 Å². The van der Waals surface area contributed by atoms with Gasteiger partial charge in [-0.05, 0) is 48.4 Å². The molecular formula is C32H47N5O5. The molecule has 3 rings (SSSR count). The van der Waals surface area contributed by atoms with Crippen LogP contribution in [0.5, 0.6) is 5.75 Å². The Hall–Kier alpha value is -3.63. The number of carbonyl (C=O) groups excluding carboxylic acids is 3. The van der Waals surface area contributed by atoms with Gasteiger partial charge in [0.25, 0.3) is 0 Å². The molecule has 10 nitrogen and oxygen atoms in total. The van der Waals surface area contributed by atoms with Crippen LogP contribution < -0.4 is 26.4 Å². The predicted octanol–water partition coefficient (Wildman–Crippen LogP) is 2.73. The van der Waals surface area contributed by atoms with E-state index in [1.54, 1.807) is 4.90 Å². The number of aliphatic hydroxyl groups excluding tert-OH is 1. The maximum atomic E-state index is 13.5. The summed E-state index contributed by atoms with van der Waals surface area (Å²) in [7, 11) is 0. The number of urea groups is 1. The zero-order valence-electron chi connectivity index (χ0n) is 24.9. The molecule has 0 bridgehead atoms. The molecule has 1 aliphatic rings. The Morgan fingerprint density at radius 3 is 2.17 bits per heavy atom. The summed E-state index contributed by atoms with van der Waals surface area (Å²) in [4.78, 5) is 41.5. The van der Waals surface area contributed by atoms with Crippen molar-refractivity contribution >= 4 is 17.8 Å². The second kappa shape index (κ2) is 17.4. The summed E-state index contributed by atoms with van der Waals surface area (Å²) in [5.74, 6) is -0.0378. The first-order chi connectivity index (χ1) is 20.2. The third kappa shape index (κ3) is 11.3. The SMILES string of the molecule is CC(C)CC(NC(=O)N1CCCCCC1)C(=O)NC(Cc1ccc(OCc2ccccc2)cc1)C(=O)NCC(O)CN. The second-order valence-corrected chi connectivity index (χ2v) is 11.4. The van der Waals surface area contributed by atoms with Crippen molar-refractivity contribution in [3.8, 4) is 5.75 Å².